The Morgan fingerprint density at radius 3 is 2.56 bits per heavy atom. The molecule has 0 saturated carbocycles. The Kier molecular flexibility index (Phi) is 12.3. The first-order chi connectivity index (χ1) is 12.7. The summed E-state index contributed by atoms with van der Waals surface area (Å²) in [6, 6.07) is 13.1. The van der Waals surface area contributed by atoms with Gasteiger partial charge in [0.1, 0.15) is 0 Å². The maximum atomic E-state index is 11.6. The number of thioether (sulfide) groups is 1. The number of hydrogen-bond acceptors (Lipinski definition) is 3. The first-order valence-corrected chi connectivity index (χ1v) is 10.0. The summed E-state index contributed by atoms with van der Waals surface area (Å²) in [6.07, 6.45) is 3.75. The smallest absolute Gasteiger partial charge is 0.250 e. The molecule has 0 aliphatic rings. The van der Waals surface area contributed by atoms with Crippen molar-refractivity contribution in [2.24, 2.45) is 4.99 Å². The van der Waals surface area contributed by atoms with E-state index in [0.29, 0.717) is 0 Å². The number of aryl methyl sites for hydroxylation is 1. The Balaban J connectivity index is 0.00000364. The van der Waals surface area contributed by atoms with Gasteiger partial charge in [0.05, 0.1) is 0 Å². The molecule has 148 valence electrons. The maximum absolute atomic E-state index is 11.6. The van der Waals surface area contributed by atoms with Crippen LogP contribution in [0.3, 0.4) is 0 Å². The van der Waals surface area contributed by atoms with Crippen LogP contribution in [0.25, 0.3) is 0 Å². The van der Waals surface area contributed by atoms with Gasteiger partial charge in [0, 0.05) is 54.6 Å². The third-order valence-corrected chi connectivity index (χ3v) is 4.98. The van der Waals surface area contributed by atoms with Gasteiger partial charge in [0.25, 0.3) is 0 Å². The largest absolute Gasteiger partial charge is 0.356 e. The Hall–Kier alpha value is -1.19. The lowest BCUT2D eigenvalue weighted by Crippen LogP contribution is -2.38. The van der Waals surface area contributed by atoms with Crippen LogP contribution in [0.5, 0.6) is 0 Å². The fourth-order valence-corrected chi connectivity index (χ4v) is 3.24. The van der Waals surface area contributed by atoms with E-state index in [2.05, 4.69) is 15.6 Å². The second-order valence-electron chi connectivity index (χ2n) is 5.67. The van der Waals surface area contributed by atoms with Gasteiger partial charge in [0.2, 0.25) is 5.56 Å². The lowest BCUT2D eigenvalue weighted by molar-refractivity contribution is 0.586. The fraction of sp³-hybridized carbons (Fsp3) is 0.368. The Morgan fingerprint density at radius 1 is 1.11 bits per heavy atom. The molecule has 0 aliphatic heterocycles. The van der Waals surface area contributed by atoms with Crippen LogP contribution in [0.1, 0.15) is 12.8 Å². The van der Waals surface area contributed by atoms with E-state index in [-0.39, 0.29) is 29.5 Å². The molecule has 2 N–H and O–H groups in total. The van der Waals surface area contributed by atoms with Gasteiger partial charge in [-0.15, -0.1) is 35.7 Å². The van der Waals surface area contributed by atoms with Crippen molar-refractivity contribution in [1.82, 2.24) is 15.2 Å². The highest BCUT2D eigenvalue weighted by Crippen LogP contribution is 2.19. The van der Waals surface area contributed by atoms with Crippen molar-refractivity contribution in [2.45, 2.75) is 24.3 Å². The van der Waals surface area contributed by atoms with E-state index < -0.39 is 0 Å². The molecule has 1 aromatic carbocycles. The number of benzene rings is 1. The van der Waals surface area contributed by atoms with E-state index in [0.717, 1.165) is 49.2 Å². The second-order valence-corrected chi connectivity index (χ2v) is 7.27. The highest BCUT2D eigenvalue weighted by atomic mass is 127. The van der Waals surface area contributed by atoms with E-state index in [4.69, 9.17) is 11.6 Å². The average Bonchev–Trinajstić information content (AvgIpc) is 2.66. The Labute approximate surface area is 187 Å². The molecule has 0 fully saturated rings. The molecule has 1 aromatic heterocycles. The van der Waals surface area contributed by atoms with Crippen molar-refractivity contribution in [3.8, 4) is 0 Å². The van der Waals surface area contributed by atoms with Gasteiger partial charge in [-0.05, 0) is 43.2 Å². The minimum Gasteiger partial charge on any atom is -0.356 e. The van der Waals surface area contributed by atoms with Gasteiger partial charge in [-0.25, -0.2) is 0 Å². The highest BCUT2D eigenvalue weighted by molar-refractivity contribution is 14.0. The number of hydrogen-bond donors (Lipinski definition) is 2. The molecule has 5 nitrogen and oxygen atoms in total. The summed E-state index contributed by atoms with van der Waals surface area (Å²) in [5.74, 6) is 1.75. The molecule has 2 aromatic rings. The van der Waals surface area contributed by atoms with Crippen LogP contribution in [0.4, 0.5) is 0 Å². The number of halogens is 2. The Bertz CT molecular complexity index is 752. The van der Waals surface area contributed by atoms with E-state index >= 15 is 0 Å². The van der Waals surface area contributed by atoms with Crippen molar-refractivity contribution >= 4 is 53.3 Å². The summed E-state index contributed by atoms with van der Waals surface area (Å²) in [7, 11) is 1.77. The van der Waals surface area contributed by atoms with Gasteiger partial charge in [-0.1, -0.05) is 17.7 Å². The van der Waals surface area contributed by atoms with Gasteiger partial charge >= 0.3 is 0 Å². The zero-order valence-corrected chi connectivity index (χ0v) is 19.3. The molecular weight excluding hydrogens is 495 g/mol. The average molecular weight is 521 g/mol. The molecule has 1 heterocycles. The van der Waals surface area contributed by atoms with E-state index in [1.165, 1.54) is 4.90 Å². The monoisotopic (exact) mass is 520 g/mol. The zero-order chi connectivity index (χ0) is 18.6. The lowest BCUT2D eigenvalue weighted by atomic mass is 10.3. The molecule has 0 amide bonds. The van der Waals surface area contributed by atoms with E-state index in [9.17, 15) is 4.79 Å². The van der Waals surface area contributed by atoms with Crippen LogP contribution in [-0.4, -0.2) is 36.4 Å². The molecule has 0 aliphatic carbocycles. The highest BCUT2D eigenvalue weighted by Gasteiger charge is 1.99. The number of aromatic nitrogens is 1. The van der Waals surface area contributed by atoms with Gasteiger partial charge in [-0.3, -0.25) is 9.79 Å². The van der Waals surface area contributed by atoms with E-state index in [1.54, 1.807) is 35.5 Å². The standard InChI is InChI=1S/C19H25ClN4OS.HI/c1-21-19(23-12-15-26-17-9-7-16(20)8-10-17)22-11-3-5-14-24-13-4-2-6-18(24)25;/h2,4,6-10,13H,3,5,11-12,14-15H2,1H3,(H2,21,22,23);1H. The molecule has 0 unspecified atom stereocenters. The molecule has 0 saturated heterocycles. The SMILES string of the molecule is CN=C(NCCCCn1ccccc1=O)NCCSc1ccc(Cl)cc1.I. The molecule has 0 atom stereocenters. The molecule has 2 rings (SSSR count). The molecule has 0 radical (unpaired) electrons. The van der Waals surface area contributed by atoms with Crippen molar-refractivity contribution in [3.63, 3.8) is 0 Å². The third-order valence-electron chi connectivity index (χ3n) is 3.72. The number of aliphatic imine (C=N–C) groups is 1. The van der Waals surface area contributed by atoms with Crippen LogP contribution in [0, 0.1) is 0 Å². The van der Waals surface area contributed by atoms with Crippen molar-refractivity contribution < 1.29 is 0 Å². The molecule has 0 spiro atoms. The number of nitrogens with zero attached hydrogens (tertiary/aromatic N) is 2. The Morgan fingerprint density at radius 2 is 1.85 bits per heavy atom. The fourth-order valence-electron chi connectivity index (χ4n) is 2.35. The van der Waals surface area contributed by atoms with Crippen LogP contribution < -0.4 is 16.2 Å². The number of unbranched alkanes of at least 4 members (excludes halogenated alkanes) is 1. The van der Waals surface area contributed by atoms with Crippen molar-refractivity contribution in [1.29, 1.82) is 0 Å². The minimum atomic E-state index is 0. The lowest BCUT2D eigenvalue weighted by Gasteiger charge is -2.12. The first kappa shape index (κ1) is 23.8. The topological polar surface area (TPSA) is 58.4 Å². The van der Waals surface area contributed by atoms with Gasteiger partial charge in [-0.2, -0.15) is 0 Å². The minimum absolute atomic E-state index is 0. The van der Waals surface area contributed by atoms with Crippen molar-refractivity contribution in [3.05, 3.63) is 64.0 Å². The first-order valence-electron chi connectivity index (χ1n) is 8.67. The molecule has 27 heavy (non-hydrogen) atoms. The summed E-state index contributed by atoms with van der Waals surface area (Å²) in [5, 5.41) is 7.37. The zero-order valence-electron chi connectivity index (χ0n) is 15.4. The summed E-state index contributed by atoms with van der Waals surface area (Å²) in [5.41, 5.74) is 0.0520. The summed E-state index contributed by atoms with van der Waals surface area (Å²) in [4.78, 5) is 17.0. The molecule has 8 heteroatoms. The van der Waals surface area contributed by atoms with E-state index in [1.807, 2.05) is 36.5 Å². The summed E-state index contributed by atoms with van der Waals surface area (Å²) < 4.78 is 1.74. The normalized spacial score (nSPS) is 11.0. The number of nitrogens with one attached hydrogen (secondary N) is 2. The molecule has 0 bridgehead atoms. The third kappa shape index (κ3) is 9.53. The number of pyridine rings is 1. The number of rotatable bonds is 9. The van der Waals surface area contributed by atoms with Crippen molar-refractivity contribution in [2.75, 3.05) is 25.9 Å². The van der Waals surface area contributed by atoms with Crippen LogP contribution in [-0.2, 0) is 6.54 Å². The quantitative estimate of drug-likeness (QED) is 0.173. The van der Waals surface area contributed by atoms with Crippen LogP contribution in [0.15, 0.2) is 63.3 Å². The van der Waals surface area contributed by atoms with Crippen LogP contribution in [0.2, 0.25) is 5.02 Å². The molecular formula is C19H26ClIN4OS. The summed E-state index contributed by atoms with van der Waals surface area (Å²) in [6.45, 7) is 2.39. The van der Waals surface area contributed by atoms with Gasteiger partial charge in [0.15, 0.2) is 5.96 Å². The predicted octanol–water partition coefficient (Wildman–Crippen LogP) is 3.86. The van der Waals surface area contributed by atoms with Gasteiger partial charge < -0.3 is 15.2 Å². The number of guanidine groups is 1. The predicted molar refractivity (Wildman–Crippen MR) is 127 cm³/mol. The summed E-state index contributed by atoms with van der Waals surface area (Å²) >= 11 is 7.66. The second kappa shape index (κ2) is 13.9. The maximum Gasteiger partial charge on any atom is 0.250 e. The van der Waals surface area contributed by atoms with Crippen LogP contribution >= 0.6 is 47.3 Å².